The zero-order chi connectivity index (χ0) is 20.1. The molecule has 0 radical (unpaired) electrons. The number of thiazole rings is 1. The van der Waals surface area contributed by atoms with Crippen LogP contribution in [0.15, 0.2) is 76.7 Å². The summed E-state index contributed by atoms with van der Waals surface area (Å²) in [6.45, 7) is 4.02. The third kappa shape index (κ3) is 4.64. The van der Waals surface area contributed by atoms with Crippen molar-refractivity contribution < 1.29 is 17.6 Å². The molecule has 0 atom stereocenters. The minimum absolute atomic E-state index is 0.352. The molecule has 0 spiro atoms. The molecule has 1 aromatic heterocycles. The fourth-order valence-electron chi connectivity index (χ4n) is 2.36. The van der Waals surface area contributed by atoms with Gasteiger partial charge in [0.1, 0.15) is 5.82 Å². The van der Waals surface area contributed by atoms with Gasteiger partial charge >= 0.3 is 6.18 Å². The summed E-state index contributed by atoms with van der Waals surface area (Å²) < 4.78 is 52.8. The molecule has 0 unspecified atom stereocenters. The smallest absolute Gasteiger partial charge is 0.253 e. The summed E-state index contributed by atoms with van der Waals surface area (Å²) in [4.78, 5) is 4.96. The molecule has 1 heterocycles. The van der Waals surface area contributed by atoms with Gasteiger partial charge in [0.05, 0.1) is 24.0 Å². The van der Waals surface area contributed by atoms with Gasteiger partial charge in [0, 0.05) is 10.9 Å². The fourth-order valence-corrected chi connectivity index (χ4v) is 3.21. The molecular weight excluding hydrogens is 390 g/mol. The molecule has 0 aliphatic carbocycles. The van der Waals surface area contributed by atoms with E-state index in [1.807, 2.05) is 5.38 Å². The van der Waals surface area contributed by atoms with Gasteiger partial charge in [-0.25, -0.2) is 9.07 Å². The highest BCUT2D eigenvalue weighted by Crippen LogP contribution is 2.29. The molecule has 0 bridgehead atoms. The first-order valence-corrected chi connectivity index (χ1v) is 9.06. The van der Waals surface area contributed by atoms with Crippen LogP contribution in [0.25, 0.3) is 11.3 Å². The SMILES string of the molecule is C=CCN=c1scc(-c2ccc(F)cc2)n1/N=C/c1ccc(C(F)(F)F)cc1. The van der Waals surface area contributed by atoms with Gasteiger partial charge in [0.25, 0.3) is 0 Å². The largest absolute Gasteiger partial charge is 0.416 e. The van der Waals surface area contributed by atoms with Crippen LogP contribution in [-0.4, -0.2) is 17.4 Å². The summed E-state index contributed by atoms with van der Waals surface area (Å²) in [7, 11) is 0. The van der Waals surface area contributed by atoms with Crippen molar-refractivity contribution in [2.24, 2.45) is 10.1 Å². The van der Waals surface area contributed by atoms with Gasteiger partial charge in [-0.3, -0.25) is 4.99 Å². The van der Waals surface area contributed by atoms with Gasteiger partial charge < -0.3 is 0 Å². The lowest BCUT2D eigenvalue weighted by Gasteiger charge is -2.06. The Morgan fingerprint density at radius 1 is 1.04 bits per heavy atom. The Morgan fingerprint density at radius 3 is 2.32 bits per heavy atom. The van der Waals surface area contributed by atoms with Crippen molar-refractivity contribution in [3.63, 3.8) is 0 Å². The van der Waals surface area contributed by atoms with Crippen LogP contribution < -0.4 is 4.80 Å². The van der Waals surface area contributed by atoms with E-state index in [1.54, 1.807) is 22.9 Å². The number of hydrogen-bond donors (Lipinski definition) is 0. The van der Waals surface area contributed by atoms with Crippen LogP contribution in [0.2, 0.25) is 0 Å². The van der Waals surface area contributed by atoms with Crippen molar-refractivity contribution in [3.05, 3.63) is 88.3 Å². The molecule has 2 aromatic carbocycles. The van der Waals surface area contributed by atoms with Crippen molar-refractivity contribution >= 4 is 17.6 Å². The summed E-state index contributed by atoms with van der Waals surface area (Å²) in [6.07, 6.45) is -1.29. The highest BCUT2D eigenvalue weighted by molar-refractivity contribution is 7.07. The standard InChI is InChI=1S/C20H15F4N3S/c1-2-11-25-19-27(18(13-28-19)15-5-9-17(21)10-6-15)26-12-14-3-7-16(8-4-14)20(22,23)24/h2-10,12-13H,1,11H2/b25-19?,26-12+. The molecule has 0 saturated carbocycles. The highest BCUT2D eigenvalue weighted by Gasteiger charge is 2.29. The molecule has 0 aliphatic rings. The van der Waals surface area contributed by atoms with Crippen LogP contribution in [-0.2, 0) is 6.18 Å². The number of hydrogen-bond acceptors (Lipinski definition) is 3. The maximum atomic E-state index is 13.2. The Kier molecular flexibility index (Phi) is 5.89. The van der Waals surface area contributed by atoms with E-state index in [0.29, 0.717) is 22.6 Å². The first-order valence-electron chi connectivity index (χ1n) is 8.18. The third-order valence-electron chi connectivity index (χ3n) is 3.74. The van der Waals surface area contributed by atoms with Gasteiger partial charge in [-0.2, -0.15) is 18.3 Å². The Labute approximate surface area is 162 Å². The van der Waals surface area contributed by atoms with E-state index in [-0.39, 0.29) is 5.82 Å². The number of alkyl halides is 3. The quantitative estimate of drug-likeness (QED) is 0.311. The molecule has 144 valence electrons. The van der Waals surface area contributed by atoms with Gasteiger partial charge in [-0.15, -0.1) is 17.9 Å². The van der Waals surface area contributed by atoms with Crippen LogP contribution in [0.1, 0.15) is 11.1 Å². The van der Waals surface area contributed by atoms with E-state index in [9.17, 15) is 17.6 Å². The van der Waals surface area contributed by atoms with E-state index in [0.717, 1.165) is 17.7 Å². The zero-order valence-corrected chi connectivity index (χ0v) is 15.3. The van der Waals surface area contributed by atoms with Crippen LogP contribution >= 0.6 is 11.3 Å². The first-order chi connectivity index (χ1) is 13.4. The van der Waals surface area contributed by atoms with Crippen LogP contribution in [0.3, 0.4) is 0 Å². The molecule has 3 rings (SSSR count). The minimum atomic E-state index is -4.38. The molecule has 3 nitrogen and oxygen atoms in total. The molecule has 3 aromatic rings. The lowest BCUT2D eigenvalue weighted by atomic mass is 10.1. The number of benzene rings is 2. The second kappa shape index (κ2) is 8.35. The van der Waals surface area contributed by atoms with E-state index in [1.165, 1.54) is 41.8 Å². The van der Waals surface area contributed by atoms with E-state index in [4.69, 9.17) is 0 Å². The van der Waals surface area contributed by atoms with E-state index in [2.05, 4.69) is 16.7 Å². The number of nitrogens with zero attached hydrogens (tertiary/aromatic N) is 3. The van der Waals surface area contributed by atoms with Gasteiger partial charge in [-0.1, -0.05) is 18.2 Å². The van der Waals surface area contributed by atoms with Gasteiger partial charge in [-0.05, 0) is 42.0 Å². The highest BCUT2D eigenvalue weighted by atomic mass is 32.1. The average Bonchev–Trinajstić information content (AvgIpc) is 3.07. The molecule has 0 fully saturated rings. The van der Waals surface area contributed by atoms with Crippen LogP contribution in [0, 0.1) is 5.82 Å². The Morgan fingerprint density at radius 2 is 1.71 bits per heavy atom. The fraction of sp³-hybridized carbons (Fsp3) is 0.100. The van der Waals surface area contributed by atoms with Crippen molar-refractivity contribution in [3.8, 4) is 11.3 Å². The predicted molar refractivity (Wildman–Crippen MR) is 103 cm³/mol. The molecule has 0 saturated heterocycles. The number of rotatable bonds is 5. The molecule has 0 N–H and O–H groups in total. The van der Waals surface area contributed by atoms with Crippen molar-refractivity contribution in [2.75, 3.05) is 6.54 Å². The van der Waals surface area contributed by atoms with Crippen molar-refractivity contribution in [1.29, 1.82) is 0 Å². The number of aromatic nitrogens is 1. The number of halogens is 4. The topological polar surface area (TPSA) is 29.6 Å². The first kappa shape index (κ1) is 19.8. The molecule has 8 heteroatoms. The molecule has 0 aliphatic heterocycles. The van der Waals surface area contributed by atoms with Crippen molar-refractivity contribution in [2.45, 2.75) is 6.18 Å². The molecule has 0 amide bonds. The average molecular weight is 405 g/mol. The maximum Gasteiger partial charge on any atom is 0.416 e. The van der Waals surface area contributed by atoms with Gasteiger partial charge in [0.2, 0.25) is 4.80 Å². The second-order valence-corrected chi connectivity index (χ2v) is 6.55. The lowest BCUT2D eigenvalue weighted by Crippen LogP contribution is -2.12. The summed E-state index contributed by atoms with van der Waals surface area (Å²) in [5.41, 5.74) is 1.21. The summed E-state index contributed by atoms with van der Waals surface area (Å²) in [5, 5.41) is 6.21. The van der Waals surface area contributed by atoms with E-state index >= 15 is 0 Å². The van der Waals surface area contributed by atoms with Crippen LogP contribution in [0.5, 0.6) is 0 Å². The summed E-state index contributed by atoms with van der Waals surface area (Å²) in [6, 6.07) is 10.6. The zero-order valence-electron chi connectivity index (χ0n) is 14.5. The Hall–Kier alpha value is -3.00. The van der Waals surface area contributed by atoms with E-state index < -0.39 is 11.7 Å². The third-order valence-corrected chi connectivity index (χ3v) is 4.60. The van der Waals surface area contributed by atoms with Crippen molar-refractivity contribution in [1.82, 2.24) is 4.68 Å². The lowest BCUT2D eigenvalue weighted by molar-refractivity contribution is -0.137. The predicted octanol–water partition coefficient (Wildman–Crippen LogP) is 5.34. The summed E-state index contributed by atoms with van der Waals surface area (Å²) in [5.74, 6) is -0.352. The van der Waals surface area contributed by atoms with Crippen LogP contribution in [0.4, 0.5) is 17.6 Å². The van der Waals surface area contributed by atoms with Gasteiger partial charge in [0.15, 0.2) is 0 Å². The minimum Gasteiger partial charge on any atom is -0.253 e. The second-order valence-electron chi connectivity index (χ2n) is 5.72. The Bertz CT molecular complexity index is 1040. The summed E-state index contributed by atoms with van der Waals surface area (Å²) >= 11 is 1.35. The maximum absolute atomic E-state index is 13.2. The molecular formula is C20H15F4N3S. The monoisotopic (exact) mass is 405 g/mol. The molecule has 28 heavy (non-hydrogen) atoms. The Balaban J connectivity index is 1.99. The normalized spacial score (nSPS) is 12.6.